The third kappa shape index (κ3) is 22.3. The predicted molar refractivity (Wildman–Crippen MR) is 493 cm³/mol. The number of aldehydes is 3. The van der Waals surface area contributed by atoms with Crippen molar-refractivity contribution >= 4 is 98.0 Å². The number of aromatic amines is 4. The smallest absolute Gasteiger partial charge is 0.322 e. The van der Waals surface area contributed by atoms with Gasteiger partial charge in [0.05, 0.1) is 93.3 Å². The van der Waals surface area contributed by atoms with Gasteiger partial charge in [-0.2, -0.15) is 15.2 Å². The summed E-state index contributed by atoms with van der Waals surface area (Å²) >= 11 is 0. The maximum absolute atomic E-state index is 12.6. The number of urea groups is 1. The average Bonchev–Trinajstić information content (AvgIpc) is 1.64. The molecule has 3 atom stereocenters. The second-order valence-corrected chi connectivity index (χ2v) is 32.6. The number of H-pyrrole nitrogens is 4. The molecular weight excluding hydrogens is 1640 g/mol. The summed E-state index contributed by atoms with van der Waals surface area (Å²) in [4.78, 5) is 82.6. The first kappa shape index (κ1) is 85.9. The first-order valence-corrected chi connectivity index (χ1v) is 43.1. The Morgan fingerprint density at radius 3 is 1.53 bits per heavy atom. The van der Waals surface area contributed by atoms with Crippen molar-refractivity contribution in [2.45, 2.75) is 119 Å². The number of nitrogens with zero attached hydrogens (tertiary/aromatic N) is 13. The van der Waals surface area contributed by atoms with E-state index in [1.54, 1.807) is 72.8 Å². The lowest BCUT2D eigenvalue weighted by Crippen LogP contribution is -2.29. The van der Waals surface area contributed by atoms with Gasteiger partial charge in [0.2, 0.25) is 23.4 Å². The zero-order valence-corrected chi connectivity index (χ0v) is 70.6. The standard InChI is InChI=1S/C22H19N5O2.C20H20N6O.C20H16N6O.C13H11NO2.C9H6O.C7H7N3.C4H7NO.C4H6O/c28-22-23-11-20(27(22)16-7-8-17-19(9-16)25-12-24-17)14-3-1-13(2-4-14)18-10-21(29-26-18)15-5-6-15;2*21-10-18(24-15-7-8-16-17(9-15)23-11-22-16)12-1-3-13(4-2-12)19-25-20(27-26-19)14-5-6-14;15-8-9-1-3-11(4-2-9)13-7-12(14-16-13)10-5-6-10;1-2-8-3-5-9(7-10)6-4-8;8-5-1-2-6-7(3-5)10-4-9-6;6-5-3-4-1-2-4;5-3-4-1-2-4/h1-4,7-10,12,15,20H,5-6,11H2,(H,23,28)(H,24,25);1-4,7-9,11,14,18,24H,5-6,10,21H2,(H,22,23);1-4,7-9,11,14,18,24H,5-6H2,(H,22,23);1-4,7-8,10H,5-6H2;1,3-7H;1-4H,8H2,(H,9,10);3-4,6H,1-2H2;3-4H,1-2H2. The molecule has 3 unspecified atom stereocenters. The topological polar surface area (TPSA) is 461 Å². The lowest BCUT2D eigenvalue weighted by Gasteiger charge is -2.23. The number of benzene rings is 9. The fourth-order valence-electron chi connectivity index (χ4n) is 14.2. The average molecular weight is 1730 g/mol. The third-order valence-electron chi connectivity index (χ3n) is 22.7. The molecule has 8 aromatic heterocycles. The minimum atomic E-state index is -0.466. The van der Waals surface area contributed by atoms with Gasteiger partial charge in [-0.3, -0.25) is 14.5 Å². The van der Waals surface area contributed by atoms with Crippen molar-refractivity contribution in [3.63, 3.8) is 0 Å². The third-order valence-corrected chi connectivity index (χ3v) is 22.7. The van der Waals surface area contributed by atoms with Crippen molar-refractivity contribution in [2.75, 3.05) is 34.4 Å². The molecular formula is C99H92N22O9. The number of carbonyl (C=O) groups excluding carboxylic acids is 4. The summed E-state index contributed by atoms with van der Waals surface area (Å²) in [6.07, 6.45) is 30.1. The van der Waals surface area contributed by atoms with Crippen LogP contribution in [0.5, 0.6) is 0 Å². The molecule has 7 aliphatic rings. The molecule has 7 fully saturated rings. The summed E-state index contributed by atoms with van der Waals surface area (Å²) in [7, 11) is 0. The number of hydrogen-bond donors (Lipinski definition) is 10. The number of rotatable bonds is 21. The number of nitrogens with one attached hydrogen (secondary N) is 7. The summed E-state index contributed by atoms with van der Waals surface area (Å²) in [5, 5.41) is 46.4. The van der Waals surface area contributed by atoms with E-state index in [9.17, 15) is 24.4 Å². The first-order valence-electron chi connectivity index (χ1n) is 43.1. The van der Waals surface area contributed by atoms with Crippen LogP contribution < -0.4 is 32.3 Å². The molecule has 0 spiro atoms. The lowest BCUT2D eigenvalue weighted by atomic mass is 10.0. The molecule has 0 radical (unpaired) electrons. The summed E-state index contributed by atoms with van der Waals surface area (Å²) in [6, 6.07) is 67.1. The molecule has 31 nitrogen and oxygen atoms in total. The first-order chi connectivity index (χ1) is 63.8. The lowest BCUT2D eigenvalue weighted by molar-refractivity contribution is -0.108. The molecule has 24 rings (SSSR count). The van der Waals surface area contributed by atoms with Crippen LogP contribution in [0, 0.1) is 35.5 Å². The van der Waals surface area contributed by atoms with Gasteiger partial charge in [0.25, 0.3) is 0 Å². The quantitative estimate of drug-likeness (QED) is 0.00797. The Balaban J connectivity index is 0.000000110. The molecule has 6 aliphatic carbocycles. The van der Waals surface area contributed by atoms with E-state index in [0.717, 1.165) is 203 Å². The summed E-state index contributed by atoms with van der Waals surface area (Å²) in [5.41, 5.74) is 33.4. The fourth-order valence-corrected chi connectivity index (χ4v) is 14.2. The van der Waals surface area contributed by atoms with E-state index in [1.165, 1.54) is 38.5 Å². The number of amides is 2. The highest BCUT2D eigenvalue weighted by molar-refractivity contribution is 5.97. The van der Waals surface area contributed by atoms with Gasteiger partial charge < -0.3 is 75.4 Å². The predicted octanol–water partition coefficient (Wildman–Crippen LogP) is 19.2. The molecule has 1 aliphatic heterocycles. The van der Waals surface area contributed by atoms with E-state index >= 15 is 0 Å². The maximum atomic E-state index is 12.6. The second-order valence-electron chi connectivity index (χ2n) is 32.6. The number of nitrogens with two attached hydrogens (primary N) is 2. The van der Waals surface area contributed by atoms with E-state index in [4.69, 9.17) is 41.2 Å². The molecule has 2 amide bonds. The van der Waals surface area contributed by atoms with Crippen molar-refractivity contribution in [3.05, 3.63) is 288 Å². The van der Waals surface area contributed by atoms with Crippen LogP contribution in [0.4, 0.5) is 27.5 Å². The Kier molecular flexibility index (Phi) is 26.7. The van der Waals surface area contributed by atoms with Crippen molar-refractivity contribution in [2.24, 2.45) is 22.7 Å². The Labute approximate surface area is 745 Å². The van der Waals surface area contributed by atoms with E-state index in [2.05, 4.69) is 128 Å². The molecule has 652 valence electrons. The number of anilines is 4. The van der Waals surface area contributed by atoms with Crippen LogP contribution in [0.2, 0.25) is 0 Å². The number of oxime groups is 1. The van der Waals surface area contributed by atoms with E-state index in [0.29, 0.717) is 71.4 Å². The summed E-state index contributed by atoms with van der Waals surface area (Å²) < 4.78 is 21.4. The van der Waals surface area contributed by atoms with Gasteiger partial charge in [-0.15, -0.1) is 11.6 Å². The molecule has 6 saturated carbocycles. The number of carbonyl (C=O) groups is 4. The van der Waals surface area contributed by atoms with Gasteiger partial charge in [-0.25, -0.2) is 24.7 Å². The van der Waals surface area contributed by atoms with Crippen LogP contribution in [-0.2, 0) is 4.79 Å². The van der Waals surface area contributed by atoms with Gasteiger partial charge in [-0.1, -0.05) is 136 Å². The molecule has 130 heavy (non-hydrogen) atoms. The van der Waals surface area contributed by atoms with Crippen LogP contribution in [0.15, 0.2) is 255 Å². The summed E-state index contributed by atoms with van der Waals surface area (Å²) in [5.74, 6) is 10.0. The number of nitriles is 1. The highest BCUT2D eigenvalue weighted by Crippen LogP contribution is 2.44. The molecule has 1 saturated heterocycles. The molecule has 9 aromatic carbocycles. The minimum Gasteiger partial charge on any atom is -0.411 e. The zero-order chi connectivity index (χ0) is 89.2. The zero-order valence-electron chi connectivity index (χ0n) is 70.6. The number of fused-ring (bicyclic) bond motifs is 4. The fraction of sp³-hybridized carbons (Fsp3) is 0.232. The van der Waals surface area contributed by atoms with E-state index < -0.39 is 6.04 Å². The molecule has 31 heteroatoms. The van der Waals surface area contributed by atoms with Crippen molar-refractivity contribution < 1.29 is 42.5 Å². The Morgan fingerprint density at radius 1 is 0.523 bits per heavy atom. The minimum absolute atomic E-state index is 0.00622. The van der Waals surface area contributed by atoms with Crippen molar-refractivity contribution in [1.82, 2.24) is 75.8 Å². The van der Waals surface area contributed by atoms with Gasteiger partial charge in [0, 0.05) is 123 Å². The Morgan fingerprint density at radius 2 is 1.03 bits per heavy atom. The van der Waals surface area contributed by atoms with E-state index in [-0.39, 0.29) is 18.1 Å². The van der Waals surface area contributed by atoms with Crippen LogP contribution in [0.1, 0.15) is 185 Å². The van der Waals surface area contributed by atoms with Crippen molar-refractivity contribution in [3.8, 4) is 63.8 Å². The number of terminal acetylenes is 1. The Hall–Kier alpha value is -16.3. The van der Waals surface area contributed by atoms with Crippen LogP contribution in [-0.4, -0.2) is 120 Å². The van der Waals surface area contributed by atoms with E-state index in [1.807, 2.05) is 146 Å². The van der Waals surface area contributed by atoms with Gasteiger partial charge in [0.1, 0.15) is 36.4 Å². The molecule has 12 N–H and O–H groups in total. The number of hydrogen-bond acceptors (Lipinski definition) is 25. The van der Waals surface area contributed by atoms with Crippen LogP contribution in [0.3, 0.4) is 0 Å². The maximum Gasteiger partial charge on any atom is 0.322 e. The normalized spacial score (nSPS) is 15.7. The van der Waals surface area contributed by atoms with Crippen molar-refractivity contribution in [1.29, 1.82) is 5.26 Å². The van der Waals surface area contributed by atoms with Gasteiger partial charge in [-0.05, 0) is 185 Å². The largest absolute Gasteiger partial charge is 0.411 e. The van der Waals surface area contributed by atoms with Crippen LogP contribution >= 0.6 is 0 Å². The Bertz CT molecular complexity index is 6810. The second kappa shape index (κ2) is 40.4. The highest BCUT2D eigenvalue weighted by Gasteiger charge is 2.35. The van der Waals surface area contributed by atoms with Gasteiger partial charge >= 0.3 is 6.03 Å². The highest BCUT2D eigenvalue weighted by atomic mass is 16.5. The number of imidazole rings is 4. The summed E-state index contributed by atoms with van der Waals surface area (Å²) in [6.45, 7) is 1.05. The van der Waals surface area contributed by atoms with Gasteiger partial charge in [0.15, 0.2) is 5.76 Å². The molecule has 9 heterocycles. The SMILES string of the molecule is C#Cc1ccc(C=O)cc1.N#CC(Nc1ccc2nc[nH]c2c1)c1ccc(-c2noc(C3CC3)n2)cc1.NCC(Nc1ccc2nc[nH]c2c1)c1ccc(-c2noc(C3CC3)n2)cc1.Nc1ccc2nc[nH]c2c1.O=C1NCC(c2ccc(-c3cc(C4CC4)on3)cc2)N1c1ccc2nc[nH]c2c1.O=CC1CC1.O=Cc1ccc(-c2cc(C3CC3)no2)cc1.ON=CC1CC1. The monoisotopic (exact) mass is 1730 g/mol. The number of aromatic nitrogens is 14. The van der Waals surface area contributed by atoms with Crippen LogP contribution in [0.25, 0.3) is 89.5 Å². The molecule has 0 bridgehead atoms. The number of nitrogen functional groups attached to an aromatic ring is 1. The molecule has 17 aromatic rings.